The van der Waals surface area contributed by atoms with Crippen molar-refractivity contribution in [1.29, 1.82) is 0 Å². The molecular weight excluding hydrogens is 292 g/mol. The van der Waals surface area contributed by atoms with Gasteiger partial charge in [-0.2, -0.15) is 4.98 Å². The molecule has 0 saturated carbocycles. The number of benzene rings is 1. The van der Waals surface area contributed by atoms with Crippen molar-refractivity contribution >= 4 is 11.6 Å². The number of rotatable bonds is 3. The van der Waals surface area contributed by atoms with Gasteiger partial charge in [0.2, 0.25) is 5.78 Å². The fraction of sp³-hybridized carbons (Fsp3) is 0.294. The van der Waals surface area contributed by atoms with Crippen LogP contribution in [0, 0.1) is 0 Å². The van der Waals surface area contributed by atoms with Crippen LogP contribution in [0.2, 0.25) is 0 Å². The lowest BCUT2D eigenvalue weighted by molar-refractivity contribution is 0.122. The van der Waals surface area contributed by atoms with Crippen molar-refractivity contribution in [2.45, 2.75) is 0 Å². The van der Waals surface area contributed by atoms with Gasteiger partial charge in [-0.3, -0.25) is 4.40 Å². The molecule has 1 fully saturated rings. The van der Waals surface area contributed by atoms with E-state index in [1.165, 1.54) is 0 Å². The molecule has 1 aromatic carbocycles. The SMILES string of the molecule is COc1ccc(-c2cn3ccc(N4CCOCC4)nc3n2)cc1. The van der Waals surface area contributed by atoms with Gasteiger partial charge in [0, 0.05) is 31.0 Å². The van der Waals surface area contributed by atoms with Crippen molar-refractivity contribution in [2.24, 2.45) is 0 Å². The molecule has 0 spiro atoms. The van der Waals surface area contributed by atoms with E-state index < -0.39 is 0 Å². The highest BCUT2D eigenvalue weighted by molar-refractivity contribution is 5.63. The van der Waals surface area contributed by atoms with Crippen LogP contribution in [-0.4, -0.2) is 47.8 Å². The zero-order valence-corrected chi connectivity index (χ0v) is 13.0. The summed E-state index contributed by atoms with van der Waals surface area (Å²) < 4.78 is 12.5. The second-order valence-corrected chi connectivity index (χ2v) is 5.45. The molecule has 2 aromatic heterocycles. The lowest BCUT2D eigenvalue weighted by atomic mass is 10.2. The molecule has 23 heavy (non-hydrogen) atoms. The fourth-order valence-corrected chi connectivity index (χ4v) is 2.73. The van der Waals surface area contributed by atoms with E-state index in [-0.39, 0.29) is 0 Å². The Labute approximate surface area is 134 Å². The number of aromatic nitrogens is 3. The maximum atomic E-state index is 5.39. The molecule has 0 unspecified atom stereocenters. The minimum Gasteiger partial charge on any atom is -0.497 e. The van der Waals surface area contributed by atoms with Gasteiger partial charge in [-0.1, -0.05) is 0 Å². The fourth-order valence-electron chi connectivity index (χ4n) is 2.73. The van der Waals surface area contributed by atoms with Crippen LogP contribution in [0.1, 0.15) is 0 Å². The van der Waals surface area contributed by atoms with Crippen LogP contribution >= 0.6 is 0 Å². The summed E-state index contributed by atoms with van der Waals surface area (Å²) >= 11 is 0. The van der Waals surface area contributed by atoms with Crippen molar-refractivity contribution in [3.8, 4) is 17.0 Å². The van der Waals surface area contributed by atoms with E-state index in [4.69, 9.17) is 9.47 Å². The number of ether oxygens (including phenoxy) is 2. The molecule has 1 aliphatic rings. The molecule has 3 aromatic rings. The smallest absolute Gasteiger partial charge is 0.236 e. The molecule has 4 rings (SSSR count). The first kappa shape index (κ1) is 14.0. The Balaban J connectivity index is 1.66. The average molecular weight is 310 g/mol. The van der Waals surface area contributed by atoms with Crippen molar-refractivity contribution in [3.05, 3.63) is 42.7 Å². The third-order valence-corrected chi connectivity index (χ3v) is 4.03. The van der Waals surface area contributed by atoms with E-state index in [9.17, 15) is 0 Å². The van der Waals surface area contributed by atoms with Gasteiger partial charge in [-0.25, -0.2) is 4.98 Å². The summed E-state index contributed by atoms with van der Waals surface area (Å²) in [7, 11) is 1.66. The molecule has 0 radical (unpaired) electrons. The highest BCUT2D eigenvalue weighted by Crippen LogP contribution is 2.22. The minimum atomic E-state index is 0.708. The van der Waals surface area contributed by atoms with Crippen molar-refractivity contribution in [1.82, 2.24) is 14.4 Å². The Bertz CT molecular complexity index is 807. The first-order valence-electron chi connectivity index (χ1n) is 7.66. The van der Waals surface area contributed by atoms with E-state index in [0.29, 0.717) is 5.78 Å². The highest BCUT2D eigenvalue weighted by atomic mass is 16.5. The number of imidazole rings is 1. The highest BCUT2D eigenvalue weighted by Gasteiger charge is 2.14. The molecule has 6 heteroatoms. The predicted molar refractivity (Wildman–Crippen MR) is 88.0 cm³/mol. The van der Waals surface area contributed by atoms with E-state index in [2.05, 4.69) is 14.9 Å². The average Bonchev–Trinajstić information content (AvgIpc) is 3.06. The number of morpholine rings is 1. The number of fused-ring (bicyclic) bond motifs is 1. The second kappa shape index (κ2) is 5.89. The van der Waals surface area contributed by atoms with Gasteiger partial charge in [-0.05, 0) is 30.3 Å². The van der Waals surface area contributed by atoms with E-state index in [1.807, 2.05) is 47.1 Å². The summed E-state index contributed by atoms with van der Waals surface area (Å²) in [6.45, 7) is 3.24. The first-order chi connectivity index (χ1) is 11.3. The van der Waals surface area contributed by atoms with Crippen LogP contribution in [0.3, 0.4) is 0 Å². The van der Waals surface area contributed by atoms with Crippen LogP contribution in [0.15, 0.2) is 42.7 Å². The van der Waals surface area contributed by atoms with Gasteiger partial charge >= 0.3 is 0 Å². The summed E-state index contributed by atoms with van der Waals surface area (Å²) in [5, 5.41) is 0. The summed E-state index contributed by atoms with van der Waals surface area (Å²) in [5.74, 6) is 2.50. The number of hydrogen-bond donors (Lipinski definition) is 0. The predicted octanol–water partition coefficient (Wildman–Crippen LogP) is 2.24. The van der Waals surface area contributed by atoms with Gasteiger partial charge in [0.15, 0.2) is 0 Å². The molecule has 0 bridgehead atoms. The van der Waals surface area contributed by atoms with Crippen LogP contribution in [-0.2, 0) is 4.74 Å². The normalized spacial score (nSPS) is 15.1. The Morgan fingerprint density at radius 2 is 1.83 bits per heavy atom. The molecule has 118 valence electrons. The van der Waals surface area contributed by atoms with Crippen molar-refractivity contribution < 1.29 is 9.47 Å². The number of anilines is 1. The van der Waals surface area contributed by atoms with Gasteiger partial charge in [-0.15, -0.1) is 0 Å². The van der Waals surface area contributed by atoms with Crippen LogP contribution in [0.25, 0.3) is 17.0 Å². The molecule has 0 aliphatic carbocycles. The third kappa shape index (κ3) is 2.73. The van der Waals surface area contributed by atoms with Crippen LogP contribution in [0.4, 0.5) is 5.82 Å². The van der Waals surface area contributed by atoms with Crippen LogP contribution < -0.4 is 9.64 Å². The zero-order chi connectivity index (χ0) is 15.6. The summed E-state index contributed by atoms with van der Waals surface area (Å²) in [4.78, 5) is 11.6. The van der Waals surface area contributed by atoms with Gasteiger partial charge in [0.1, 0.15) is 11.6 Å². The second-order valence-electron chi connectivity index (χ2n) is 5.45. The topological polar surface area (TPSA) is 51.9 Å². The van der Waals surface area contributed by atoms with E-state index in [0.717, 1.165) is 49.1 Å². The Morgan fingerprint density at radius 3 is 2.57 bits per heavy atom. The summed E-state index contributed by atoms with van der Waals surface area (Å²) in [6.07, 6.45) is 4.00. The monoisotopic (exact) mass is 310 g/mol. The minimum absolute atomic E-state index is 0.708. The third-order valence-electron chi connectivity index (χ3n) is 4.03. The standard InChI is InChI=1S/C17H18N4O2/c1-22-14-4-2-13(3-5-14)15-12-21-7-6-16(19-17(21)18-15)20-8-10-23-11-9-20/h2-7,12H,8-11H2,1H3. The molecule has 3 heterocycles. The maximum absolute atomic E-state index is 5.39. The number of methoxy groups -OCH3 is 1. The molecular formula is C17H18N4O2. The molecule has 0 atom stereocenters. The number of nitrogens with zero attached hydrogens (tertiary/aromatic N) is 4. The van der Waals surface area contributed by atoms with Crippen LogP contribution in [0.5, 0.6) is 5.75 Å². The first-order valence-corrected chi connectivity index (χ1v) is 7.66. The Kier molecular flexibility index (Phi) is 3.59. The van der Waals surface area contributed by atoms with Crippen molar-refractivity contribution in [2.75, 3.05) is 38.3 Å². The quantitative estimate of drug-likeness (QED) is 0.742. The van der Waals surface area contributed by atoms with Crippen molar-refractivity contribution in [3.63, 3.8) is 0 Å². The van der Waals surface area contributed by atoms with Gasteiger partial charge in [0.25, 0.3) is 0 Å². The molecule has 0 amide bonds. The lowest BCUT2D eigenvalue weighted by Gasteiger charge is -2.27. The largest absolute Gasteiger partial charge is 0.497 e. The van der Waals surface area contributed by atoms with Gasteiger partial charge < -0.3 is 14.4 Å². The molecule has 1 saturated heterocycles. The molecule has 6 nitrogen and oxygen atoms in total. The summed E-state index contributed by atoms with van der Waals surface area (Å²) in [5.41, 5.74) is 1.95. The van der Waals surface area contributed by atoms with E-state index >= 15 is 0 Å². The zero-order valence-electron chi connectivity index (χ0n) is 13.0. The maximum Gasteiger partial charge on any atom is 0.236 e. The number of hydrogen-bond acceptors (Lipinski definition) is 5. The lowest BCUT2D eigenvalue weighted by Crippen LogP contribution is -2.36. The molecule has 0 N–H and O–H groups in total. The summed E-state index contributed by atoms with van der Waals surface area (Å²) in [6, 6.07) is 9.91. The van der Waals surface area contributed by atoms with E-state index in [1.54, 1.807) is 7.11 Å². The Hall–Kier alpha value is -2.60. The van der Waals surface area contributed by atoms with Gasteiger partial charge in [0.05, 0.1) is 26.0 Å². The molecule has 1 aliphatic heterocycles. The Morgan fingerprint density at radius 1 is 1.04 bits per heavy atom.